The number of aryl methyl sites for hydroxylation is 1. The van der Waals surface area contributed by atoms with Crippen LogP contribution in [0.4, 0.5) is 5.13 Å². The Labute approximate surface area is 119 Å². The van der Waals surface area contributed by atoms with Crippen molar-refractivity contribution in [2.45, 2.75) is 46.1 Å². The average Bonchev–Trinajstić information content (AvgIpc) is 2.79. The molecule has 19 heavy (non-hydrogen) atoms. The zero-order valence-electron chi connectivity index (χ0n) is 11.9. The molecular weight excluding hydrogens is 252 g/mol. The molecule has 0 saturated heterocycles. The van der Waals surface area contributed by atoms with Crippen molar-refractivity contribution >= 4 is 26.7 Å². The number of anilines is 1. The SMILES string of the molecule is Cc1cccc2sc(NC3CCCC(C)C3C)nc12. The molecule has 0 aliphatic heterocycles. The normalized spacial score (nSPS) is 27.6. The first-order valence-electron chi connectivity index (χ1n) is 7.28. The Bertz CT molecular complexity index is 575. The molecule has 1 aromatic carbocycles. The summed E-state index contributed by atoms with van der Waals surface area (Å²) in [7, 11) is 0. The van der Waals surface area contributed by atoms with Gasteiger partial charge in [-0.05, 0) is 36.8 Å². The third kappa shape index (κ3) is 2.48. The molecule has 3 heteroatoms. The summed E-state index contributed by atoms with van der Waals surface area (Å²) in [6, 6.07) is 7.00. The van der Waals surface area contributed by atoms with Gasteiger partial charge in [0.25, 0.3) is 0 Å². The molecule has 2 nitrogen and oxygen atoms in total. The molecule has 0 radical (unpaired) electrons. The largest absolute Gasteiger partial charge is 0.358 e. The van der Waals surface area contributed by atoms with Crippen molar-refractivity contribution < 1.29 is 0 Å². The number of thiazole rings is 1. The van der Waals surface area contributed by atoms with Crippen LogP contribution in [0.2, 0.25) is 0 Å². The molecule has 0 spiro atoms. The zero-order valence-corrected chi connectivity index (χ0v) is 12.8. The van der Waals surface area contributed by atoms with Gasteiger partial charge < -0.3 is 5.32 Å². The van der Waals surface area contributed by atoms with Crippen LogP contribution in [0.5, 0.6) is 0 Å². The minimum Gasteiger partial charge on any atom is -0.358 e. The van der Waals surface area contributed by atoms with Crippen molar-refractivity contribution in [3.63, 3.8) is 0 Å². The monoisotopic (exact) mass is 274 g/mol. The van der Waals surface area contributed by atoms with Gasteiger partial charge in [-0.2, -0.15) is 0 Å². The molecule has 1 saturated carbocycles. The molecule has 1 aromatic heterocycles. The van der Waals surface area contributed by atoms with Crippen LogP contribution in [-0.2, 0) is 0 Å². The van der Waals surface area contributed by atoms with Gasteiger partial charge >= 0.3 is 0 Å². The first-order chi connectivity index (χ1) is 9.15. The Morgan fingerprint density at radius 1 is 1.26 bits per heavy atom. The van der Waals surface area contributed by atoms with Gasteiger partial charge in [0.1, 0.15) is 0 Å². The van der Waals surface area contributed by atoms with Crippen LogP contribution in [0.25, 0.3) is 10.2 Å². The number of nitrogens with one attached hydrogen (secondary N) is 1. The van der Waals surface area contributed by atoms with Crippen LogP contribution in [0.15, 0.2) is 18.2 Å². The second-order valence-corrected chi connectivity index (χ2v) is 6.99. The first kappa shape index (κ1) is 12.9. The summed E-state index contributed by atoms with van der Waals surface area (Å²) in [4.78, 5) is 4.77. The minimum absolute atomic E-state index is 0.588. The number of fused-ring (bicyclic) bond motifs is 1. The van der Waals surface area contributed by atoms with Gasteiger partial charge in [-0.25, -0.2) is 4.98 Å². The molecule has 0 amide bonds. The van der Waals surface area contributed by atoms with Crippen LogP contribution < -0.4 is 5.32 Å². The quantitative estimate of drug-likeness (QED) is 0.847. The van der Waals surface area contributed by atoms with E-state index in [0.29, 0.717) is 6.04 Å². The molecule has 0 bridgehead atoms. The molecule has 1 aliphatic carbocycles. The fourth-order valence-electron chi connectivity index (χ4n) is 3.09. The molecule has 1 heterocycles. The zero-order chi connectivity index (χ0) is 13.4. The highest BCUT2D eigenvalue weighted by Gasteiger charge is 2.27. The number of hydrogen-bond acceptors (Lipinski definition) is 3. The number of aromatic nitrogens is 1. The number of benzene rings is 1. The summed E-state index contributed by atoms with van der Waals surface area (Å²) >= 11 is 1.79. The third-order valence-corrected chi connectivity index (χ3v) is 5.59. The molecule has 3 rings (SSSR count). The maximum absolute atomic E-state index is 4.77. The Balaban J connectivity index is 1.83. The molecule has 1 aliphatic rings. The smallest absolute Gasteiger partial charge is 0.184 e. The van der Waals surface area contributed by atoms with E-state index in [1.165, 1.54) is 29.5 Å². The highest BCUT2D eigenvalue weighted by Crippen LogP contribution is 2.34. The topological polar surface area (TPSA) is 24.9 Å². The van der Waals surface area contributed by atoms with E-state index in [-0.39, 0.29) is 0 Å². The van der Waals surface area contributed by atoms with E-state index in [4.69, 9.17) is 4.98 Å². The summed E-state index contributed by atoms with van der Waals surface area (Å²) in [6.45, 7) is 6.89. The van der Waals surface area contributed by atoms with Crippen LogP contribution >= 0.6 is 11.3 Å². The highest BCUT2D eigenvalue weighted by molar-refractivity contribution is 7.22. The maximum atomic E-state index is 4.77. The van der Waals surface area contributed by atoms with Gasteiger partial charge in [-0.3, -0.25) is 0 Å². The Hall–Kier alpha value is -1.09. The second kappa shape index (κ2) is 5.12. The first-order valence-corrected chi connectivity index (χ1v) is 8.09. The van der Waals surface area contributed by atoms with Crippen molar-refractivity contribution in [3.05, 3.63) is 23.8 Å². The predicted molar refractivity (Wildman–Crippen MR) is 83.9 cm³/mol. The van der Waals surface area contributed by atoms with Crippen LogP contribution in [-0.4, -0.2) is 11.0 Å². The number of rotatable bonds is 2. The Morgan fingerprint density at radius 2 is 2.11 bits per heavy atom. The average molecular weight is 274 g/mol. The second-order valence-electron chi connectivity index (χ2n) is 5.96. The molecular formula is C16H22N2S. The van der Waals surface area contributed by atoms with Crippen molar-refractivity contribution in [2.24, 2.45) is 11.8 Å². The van der Waals surface area contributed by atoms with E-state index in [9.17, 15) is 0 Å². The lowest BCUT2D eigenvalue weighted by atomic mass is 9.78. The van der Waals surface area contributed by atoms with Gasteiger partial charge in [-0.1, -0.05) is 50.2 Å². The van der Waals surface area contributed by atoms with E-state index in [1.54, 1.807) is 11.3 Å². The summed E-state index contributed by atoms with van der Waals surface area (Å²) in [5, 5.41) is 4.78. The van der Waals surface area contributed by atoms with Crippen LogP contribution in [0, 0.1) is 18.8 Å². The van der Waals surface area contributed by atoms with Crippen molar-refractivity contribution in [1.29, 1.82) is 0 Å². The van der Waals surface area contributed by atoms with Gasteiger partial charge in [0.05, 0.1) is 10.2 Å². The van der Waals surface area contributed by atoms with Gasteiger partial charge in [0.15, 0.2) is 5.13 Å². The lowest BCUT2D eigenvalue weighted by Crippen LogP contribution is -2.34. The molecule has 1 fully saturated rings. The summed E-state index contributed by atoms with van der Waals surface area (Å²) in [6.07, 6.45) is 3.99. The Morgan fingerprint density at radius 3 is 2.89 bits per heavy atom. The summed E-state index contributed by atoms with van der Waals surface area (Å²) in [5.41, 5.74) is 2.43. The van der Waals surface area contributed by atoms with E-state index < -0.39 is 0 Å². The molecule has 102 valence electrons. The summed E-state index contributed by atoms with van der Waals surface area (Å²) < 4.78 is 1.29. The van der Waals surface area contributed by atoms with Crippen LogP contribution in [0.3, 0.4) is 0 Å². The van der Waals surface area contributed by atoms with Crippen molar-refractivity contribution in [3.8, 4) is 0 Å². The van der Waals surface area contributed by atoms with E-state index in [1.807, 2.05) is 0 Å². The van der Waals surface area contributed by atoms with E-state index in [2.05, 4.69) is 44.3 Å². The third-order valence-electron chi connectivity index (χ3n) is 4.64. The maximum Gasteiger partial charge on any atom is 0.184 e. The van der Waals surface area contributed by atoms with E-state index in [0.717, 1.165) is 22.5 Å². The van der Waals surface area contributed by atoms with Gasteiger partial charge in [0.2, 0.25) is 0 Å². The number of nitrogens with zero attached hydrogens (tertiary/aromatic N) is 1. The van der Waals surface area contributed by atoms with Crippen molar-refractivity contribution in [1.82, 2.24) is 4.98 Å². The lowest BCUT2D eigenvalue weighted by Gasteiger charge is -2.34. The fourth-order valence-corrected chi connectivity index (χ4v) is 4.10. The Kier molecular flexibility index (Phi) is 3.48. The standard InChI is InChI=1S/C16H22N2S/c1-10-6-4-8-13(12(10)3)17-16-18-15-11(2)7-5-9-14(15)19-16/h5,7,9-10,12-13H,4,6,8H2,1-3H3,(H,17,18). The van der Waals surface area contributed by atoms with Crippen molar-refractivity contribution in [2.75, 3.05) is 5.32 Å². The van der Waals surface area contributed by atoms with Gasteiger partial charge in [0, 0.05) is 6.04 Å². The predicted octanol–water partition coefficient (Wildman–Crippen LogP) is 4.84. The number of hydrogen-bond donors (Lipinski definition) is 1. The molecule has 1 N–H and O–H groups in total. The highest BCUT2D eigenvalue weighted by atomic mass is 32.1. The minimum atomic E-state index is 0.588. The lowest BCUT2D eigenvalue weighted by molar-refractivity contribution is 0.253. The van der Waals surface area contributed by atoms with E-state index >= 15 is 0 Å². The number of para-hydroxylation sites is 1. The molecule has 2 aromatic rings. The van der Waals surface area contributed by atoms with Crippen LogP contribution in [0.1, 0.15) is 38.7 Å². The molecule has 3 atom stereocenters. The fraction of sp³-hybridized carbons (Fsp3) is 0.562. The van der Waals surface area contributed by atoms with Gasteiger partial charge in [-0.15, -0.1) is 0 Å². The summed E-state index contributed by atoms with van der Waals surface area (Å²) in [5.74, 6) is 1.56. The molecule has 3 unspecified atom stereocenters.